The molecule has 8 heteroatoms. The molecule has 0 spiro atoms. The normalized spacial score (nSPS) is 58.6. The molecule has 5 fully saturated rings. The summed E-state index contributed by atoms with van der Waals surface area (Å²) in [5.74, 6) is -1.05. The highest BCUT2D eigenvalue weighted by molar-refractivity contribution is 6.23. The molecule has 6 nitrogen and oxygen atoms in total. The molecule has 2 unspecified atom stereocenters. The van der Waals surface area contributed by atoms with Crippen LogP contribution in [0.1, 0.15) is 46.5 Å². The van der Waals surface area contributed by atoms with Gasteiger partial charge in [-0.2, -0.15) is 5.26 Å². The lowest BCUT2D eigenvalue weighted by Crippen LogP contribution is -2.71. The van der Waals surface area contributed by atoms with Crippen LogP contribution in [0.2, 0.25) is 0 Å². The van der Waals surface area contributed by atoms with Gasteiger partial charge in [0.2, 0.25) is 5.60 Å². The smallest absolute Gasteiger partial charge is 0.209 e. The number of aliphatic hydroxyl groups excluding tert-OH is 1. The molecule has 4 aliphatic carbocycles. The van der Waals surface area contributed by atoms with Gasteiger partial charge in [0.25, 0.3) is 0 Å². The first kappa shape index (κ1) is 22.2. The van der Waals surface area contributed by atoms with E-state index >= 15 is 4.39 Å². The van der Waals surface area contributed by atoms with Crippen LogP contribution in [0.3, 0.4) is 0 Å². The summed E-state index contributed by atoms with van der Waals surface area (Å²) >= 11 is 6.80. The molecule has 2 aliphatic heterocycles. The average Bonchev–Trinajstić information content (AvgIpc) is 3.43. The van der Waals surface area contributed by atoms with Crippen molar-refractivity contribution in [2.75, 3.05) is 6.61 Å². The number of hydrogen-bond acceptors (Lipinski definition) is 6. The van der Waals surface area contributed by atoms with E-state index in [9.17, 15) is 15.2 Å². The molecular weight excluding hydrogens is 449 g/mol. The van der Waals surface area contributed by atoms with Crippen molar-refractivity contribution in [3.8, 4) is 6.07 Å². The van der Waals surface area contributed by atoms with Crippen molar-refractivity contribution in [2.24, 2.45) is 22.7 Å². The minimum atomic E-state index is -2.01. The van der Waals surface area contributed by atoms with E-state index in [1.165, 1.54) is 12.2 Å². The molecule has 0 aromatic carbocycles. The second-order valence-corrected chi connectivity index (χ2v) is 11.7. The lowest BCUT2D eigenvalue weighted by Gasteiger charge is -2.63. The van der Waals surface area contributed by atoms with Gasteiger partial charge in [-0.05, 0) is 56.3 Å². The van der Waals surface area contributed by atoms with Crippen molar-refractivity contribution >= 4 is 17.4 Å². The summed E-state index contributed by atoms with van der Waals surface area (Å²) in [4.78, 5) is 12.1. The predicted molar refractivity (Wildman–Crippen MR) is 116 cm³/mol. The van der Waals surface area contributed by atoms with Gasteiger partial charge in [0.05, 0.1) is 24.2 Å². The molecule has 11 atom stereocenters. The maximum Gasteiger partial charge on any atom is 0.209 e. The molecule has 1 N–H and O–H groups in total. The molecule has 2 heterocycles. The van der Waals surface area contributed by atoms with Crippen LogP contribution < -0.4 is 0 Å². The van der Waals surface area contributed by atoms with Crippen LogP contribution in [0.25, 0.3) is 0 Å². The fourth-order valence-electron chi connectivity index (χ4n) is 8.39. The van der Waals surface area contributed by atoms with E-state index in [2.05, 4.69) is 6.07 Å². The molecule has 3 saturated carbocycles. The Kier molecular flexibility index (Phi) is 4.35. The van der Waals surface area contributed by atoms with Crippen LogP contribution in [0.5, 0.6) is 0 Å². The minimum Gasteiger partial charge on any atom is -0.390 e. The van der Waals surface area contributed by atoms with Gasteiger partial charge in [-0.3, -0.25) is 4.79 Å². The summed E-state index contributed by atoms with van der Waals surface area (Å²) in [6, 6.07) is 2.34. The highest BCUT2D eigenvalue weighted by Gasteiger charge is 2.85. The maximum atomic E-state index is 17.4. The molecule has 0 aromatic rings. The quantitative estimate of drug-likeness (QED) is 0.484. The van der Waals surface area contributed by atoms with E-state index in [0.29, 0.717) is 24.8 Å². The van der Waals surface area contributed by atoms with Crippen molar-refractivity contribution in [1.29, 1.82) is 5.26 Å². The van der Waals surface area contributed by atoms with Crippen LogP contribution in [0, 0.1) is 34.0 Å². The molecule has 0 bridgehead atoms. The third kappa shape index (κ3) is 2.26. The predicted octanol–water partition coefficient (Wildman–Crippen LogP) is 3.37. The first-order chi connectivity index (χ1) is 15.5. The maximum absolute atomic E-state index is 17.4. The number of ketones is 1. The zero-order valence-electron chi connectivity index (χ0n) is 19.0. The fraction of sp³-hybridized carbons (Fsp3) is 0.760. The third-order valence-corrected chi connectivity index (χ3v) is 10.4. The Balaban J connectivity index is 1.50. The lowest BCUT2D eigenvalue weighted by atomic mass is 9.44. The topological polar surface area (TPSA) is 92.1 Å². The average molecular weight is 478 g/mol. The van der Waals surface area contributed by atoms with Crippen molar-refractivity contribution in [3.63, 3.8) is 0 Å². The summed E-state index contributed by atoms with van der Waals surface area (Å²) in [6.07, 6.45) is 3.67. The van der Waals surface area contributed by atoms with Gasteiger partial charge in [0.1, 0.15) is 11.7 Å². The van der Waals surface area contributed by atoms with E-state index < -0.39 is 57.5 Å². The largest absolute Gasteiger partial charge is 0.390 e. The van der Waals surface area contributed by atoms with E-state index in [-0.39, 0.29) is 24.7 Å². The number of rotatable bonds is 2. The van der Waals surface area contributed by atoms with Gasteiger partial charge in [-0.1, -0.05) is 19.9 Å². The number of nitrogens with zero attached hydrogens (tertiary/aromatic N) is 1. The molecule has 2 saturated heterocycles. The Hall–Kier alpha value is -1.30. The summed E-state index contributed by atoms with van der Waals surface area (Å²) in [5, 5.41) is 21.1. The Morgan fingerprint density at radius 1 is 1.33 bits per heavy atom. The van der Waals surface area contributed by atoms with Crippen LogP contribution in [-0.2, 0) is 19.0 Å². The second-order valence-electron chi connectivity index (χ2n) is 11.1. The molecule has 178 valence electrons. The number of carbonyl (C=O) groups is 1. The van der Waals surface area contributed by atoms with Crippen LogP contribution in [0.4, 0.5) is 4.39 Å². The lowest BCUT2D eigenvalue weighted by molar-refractivity contribution is -0.240. The number of nitriles is 1. The van der Waals surface area contributed by atoms with Gasteiger partial charge in [0, 0.05) is 16.7 Å². The Morgan fingerprint density at radius 2 is 2.06 bits per heavy atom. The summed E-state index contributed by atoms with van der Waals surface area (Å²) in [5.41, 5.74) is -5.68. The monoisotopic (exact) mass is 477 g/mol. The minimum absolute atomic E-state index is 0.103. The summed E-state index contributed by atoms with van der Waals surface area (Å²) in [6.45, 7) is 5.93. The number of halogens is 2. The first-order valence-corrected chi connectivity index (χ1v) is 12.3. The van der Waals surface area contributed by atoms with Crippen molar-refractivity contribution in [3.05, 3.63) is 23.8 Å². The zero-order valence-corrected chi connectivity index (χ0v) is 19.8. The highest BCUT2D eigenvalue weighted by atomic mass is 35.5. The third-order valence-electron chi connectivity index (χ3n) is 9.97. The summed E-state index contributed by atoms with van der Waals surface area (Å²) < 4.78 is 36.0. The Labute approximate surface area is 197 Å². The molecule has 0 aromatic heterocycles. The summed E-state index contributed by atoms with van der Waals surface area (Å²) in [7, 11) is 0. The molecule has 6 aliphatic rings. The van der Waals surface area contributed by atoms with Crippen LogP contribution in [0.15, 0.2) is 23.8 Å². The Bertz CT molecular complexity index is 1040. The molecular formula is C25H29ClFNO5. The van der Waals surface area contributed by atoms with Gasteiger partial charge >= 0.3 is 0 Å². The standard InChI is InChI=1S/C25H29ClFNO5/c1-4-20-32-19-9-14-15-8-17(26)16-7-13(29)5-6-21(16,2)24(15,27)18(30)10-22(14,3)25(19,33-20)23(11-28)12-31-23/h5-7,14-15,17-20,30H,4,8-10,12H2,1-3H3/t14-,15-,17-,18-,19+,20?,21-,22-,23?,24-,25+/m0/s1. The number of allylic oxidation sites excluding steroid dienone is 4. The highest BCUT2D eigenvalue weighted by Crippen LogP contribution is 2.75. The fourth-order valence-corrected chi connectivity index (χ4v) is 8.87. The van der Waals surface area contributed by atoms with E-state index in [0.717, 1.165) is 0 Å². The molecule has 33 heavy (non-hydrogen) atoms. The van der Waals surface area contributed by atoms with Gasteiger partial charge in [-0.25, -0.2) is 4.39 Å². The van der Waals surface area contributed by atoms with Crippen molar-refractivity contribution in [2.45, 2.75) is 87.2 Å². The SMILES string of the molecule is CCC1O[C@@H]2C[C@H]3[C@@H]4C[C@H](Cl)C5=CC(=O)C=C[C@]5(C)[C@@]4(F)[C@@H](O)C[C@]3(C)[C@]2(C2(C#N)CO2)O1. The number of alkyl halides is 2. The molecule has 0 amide bonds. The number of ether oxygens (including phenoxy) is 3. The zero-order chi connectivity index (χ0) is 23.6. The van der Waals surface area contributed by atoms with Crippen molar-refractivity contribution in [1.82, 2.24) is 0 Å². The second kappa shape index (κ2) is 6.47. The van der Waals surface area contributed by atoms with E-state index in [4.69, 9.17) is 25.8 Å². The molecule has 6 rings (SSSR count). The number of aliphatic hydroxyl groups is 1. The van der Waals surface area contributed by atoms with Gasteiger partial charge in [-0.15, -0.1) is 11.6 Å². The number of carbonyl (C=O) groups excluding carboxylic acids is 1. The number of fused-ring (bicyclic) bond motifs is 7. The van der Waals surface area contributed by atoms with Crippen molar-refractivity contribution < 1.29 is 28.5 Å². The van der Waals surface area contributed by atoms with Gasteiger partial charge in [0.15, 0.2) is 17.7 Å². The van der Waals surface area contributed by atoms with Gasteiger partial charge < -0.3 is 19.3 Å². The number of hydrogen-bond donors (Lipinski definition) is 1. The van der Waals surface area contributed by atoms with E-state index in [1.807, 2.05) is 13.8 Å². The van der Waals surface area contributed by atoms with E-state index in [1.54, 1.807) is 13.0 Å². The first-order valence-electron chi connectivity index (χ1n) is 11.9. The van der Waals surface area contributed by atoms with Crippen LogP contribution in [-0.4, -0.2) is 58.2 Å². The molecule has 0 radical (unpaired) electrons. The Morgan fingerprint density at radius 3 is 2.70 bits per heavy atom. The van der Waals surface area contributed by atoms with Crippen LogP contribution >= 0.6 is 11.6 Å². The number of epoxide rings is 1.